The van der Waals surface area contributed by atoms with Gasteiger partial charge in [0.05, 0.1) is 17.8 Å². The van der Waals surface area contributed by atoms with E-state index in [1.165, 1.54) is 29.6 Å². The fourth-order valence-electron chi connectivity index (χ4n) is 1.32. The molecule has 0 fully saturated rings. The fraction of sp³-hybridized carbons (Fsp3) is 0.308. The Balaban J connectivity index is 3.23. The molecule has 0 atom stereocenters. The minimum atomic E-state index is -3.89. The monoisotopic (exact) mass is 300 g/mol. The Morgan fingerprint density at radius 2 is 2.10 bits per heavy atom. The van der Waals surface area contributed by atoms with Gasteiger partial charge < -0.3 is 9.64 Å². The van der Waals surface area contributed by atoms with E-state index in [1.807, 2.05) is 0 Å². The lowest BCUT2D eigenvalue weighted by atomic mass is 10.2. The van der Waals surface area contributed by atoms with Gasteiger partial charge in [-0.2, -0.15) is 8.42 Å². The summed E-state index contributed by atoms with van der Waals surface area (Å²) in [5.41, 5.74) is 0.189. The van der Waals surface area contributed by atoms with Crippen LogP contribution in [0.2, 0.25) is 0 Å². The SMILES string of the molecule is CCO/C=C/c1cc(F)ccc1S(=O)(=O)N=CN(C)C. The molecule has 0 bridgehead atoms. The third-order valence-electron chi connectivity index (χ3n) is 2.18. The molecule has 0 spiro atoms. The quantitative estimate of drug-likeness (QED) is 0.459. The largest absolute Gasteiger partial charge is 0.501 e. The molecule has 1 aromatic carbocycles. The lowest BCUT2D eigenvalue weighted by molar-refractivity contribution is 0.272. The number of hydrogen-bond acceptors (Lipinski definition) is 3. The molecule has 0 aliphatic carbocycles. The molecule has 1 rings (SSSR count). The zero-order valence-electron chi connectivity index (χ0n) is 11.6. The summed E-state index contributed by atoms with van der Waals surface area (Å²) in [6.07, 6.45) is 3.89. The molecule has 0 N–H and O–H groups in total. The van der Waals surface area contributed by atoms with Crippen molar-refractivity contribution in [1.82, 2.24) is 4.90 Å². The second-order valence-electron chi connectivity index (χ2n) is 4.10. The van der Waals surface area contributed by atoms with Crippen LogP contribution in [0.15, 0.2) is 33.8 Å². The first kappa shape index (κ1) is 16.2. The molecule has 0 unspecified atom stereocenters. The molecule has 0 saturated carbocycles. The number of hydrogen-bond donors (Lipinski definition) is 0. The van der Waals surface area contributed by atoms with Crippen LogP contribution in [0.1, 0.15) is 12.5 Å². The summed E-state index contributed by atoms with van der Waals surface area (Å²) in [4.78, 5) is 1.42. The summed E-state index contributed by atoms with van der Waals surface area (Å²) >= 11 is 0. The first-order valence-electron chi connectivity index (χ1n) is 5.91. The summed E-state index contributed by atoms with van der Waals surface area (Å²) in [6, 6.07) is 3.38. The molecule has 20 heavy (non-hydrogen) atoms. The predicted octanol–water partition coefficient (Wildman–Crippen LogP) is 2.11. The van der Waals surface area contributed by atoms with Crippen molar-refractivity contribution >= 4 is 22.4 Å². The highest BCUT2D eigenvalue weighted by atomic mass is 32.2. The minimum absolute atomic E-state index is 0.0760. The van der Waals surface area contributed by atoms with Crippen LogP contribution >= 0.6 is 0 Å². The number of ether oxygens (including phenoxy) is 1. The first-order chi connectivity index (χ1) is 9.36. The maximum atomic E-state index is 13.2. The summed E-state index contributed by atoms with van der Waals surface area (Å²) in [5.74, 6) is -0.531. The van der Waals surface area contributed by atoms with Crippen LogP contribution in [0.5, 0.6) is 0 Å². The molecule has 0 heterocycles. The van der Waals surface area contributed by atoms with Crippen LogP contribution in [0.3, 0.4) is 0 Å². The molecule has 0 amide bonds. The number of halogens is 1. The highest BCUT2D eigenvalue weighted by molar-refractivity contribution is 7.90. The normalized spacial score (nSPS) is 12.2. The summed E-state index contributed by atoms with van der Waals surface area (Å²) in [7, 11) is -0.581. The molecule has 5 nitrogen and oxygen atoms in total. The fourth-order valence-corrected chi connectivity index (χ4v) is 2.41. The van der Waals surface area contributed by atoms with Crippen LogP contribution in [-0.2, 0) is 14.8 Å². The molecular formula is C13H17FN2O3S. The van der Waals surface area contributed by atoms with Gasteiger partial charge in [-0.15, -0.1) is 4.40 Å². The van der Waals surface area contributed by atoms with Crippen molar-refractivity contribution in [3.63, 3.8) is 0 Å². The Bertz CT molecular complexity index is 610. The van der Waals surface area contributed by atoms with Crippen molar-refractivity contribution in [2.45, 2.75) is 11.8 Å². The van der Waals surface area contributed by atoms with E-state index in [2.05, 4.69) is 4.40 Å². The van der Waals surface area contributed by atoms with Crippen LogP contribution < -0.4 is 0 Å². The number of rotatable bonds is 6. The van der Waals surface area contributed by atoms with E-state index in [0.29, 0.717) is 6.61 Å². The molecule has 0 aromatic heterocycles. The molecule has 110 valence electrons. The van der Waals surface area contributed by atoms with Crippen molar-refractivity contribution in [2.24, 2.45) is 4.40 Å². The van der Waals surface area contributed by atoms with Crippen molar-refractivity contribution < 1.29 is 17.5 Å². The second-order valence-corrected chi connectivity index (χ2v) is 5.70. The van der Waals surface area contributed by atoms with Gasteiger partial charge in [-0.1, -0.05) is 0 Å². The molecule has 0 radical (unpaired) electrons. The van der Waals surface area contributed by atoms with Gasteiger partial charge >= 0.3 is 0 Å². The number of sulfonamides is 1. The van der Waals surface area contributed by atoms with Gasteiger partial charge in [0, 0.05) is 19.7 Å². The Labute approximate surface area is 118 Å². The van der Waals surface area contributed by atoms with Crippen LogP contribution in [0.4, 0.5) is 4.39 Å². The smallest absolute Gasteiger partial charge is 0.284 e. The standard InChI is InChI=1S/C13H17FN2O3S/c1-4-19-8-7-11-9-12(14)5-6-13(11)20(17,18)15-10-16(2)3/h5-10H,4H2,1-3H3/b8-7+,15-10?. The molecule has 0 saturated heterocycles. The first-order valence-corrected chi connectivity index (χ1v) is 7.35. The Morgan fingerprint density at radius 1 is 1.40 bits per heavy atom. The van der Waals surface area contributed by atoms with Gasteiger partial charge in [0.1, 0.15) is 12.2 Å². The van der Waals surface area contributed by atoms with E-state index in [4.69, 9.17) is 4.74 Å². The van der Waals surface area contributed by atoms with Gasteiger partial charge in [0.25, 0.3) is 10.0 Å². The van der Waals surface area contributed by atoms with E-state index >= 15 is 0 Å². The zero-order valence-corrected chi connectivity index (χ0v) is 12.4. The Kier molecular flexibility index (Phi) is 5.69. The maximum Gasteiger partial charge on any atom is 0.284 e. The Hall–Kier alpha value is -1.89. The molecule has 7 heteroatoms. The van der Waals surface area contributed by atoms with Crippen molar-refractivity contribution in [2.75, 3.05) is 20.7 Å². The van der Waals surface area contributed by atoms with Gasteiger partial charge in [0.15, 0.2) is 0 Å². The molecule has 1 aromatic rings. The summed E-state index contributed by atoms with van der Waals surface area (Å²) in [6.45, 7) is 2.22. The lowest BCUT2D eigenvalue weighted by Gasteiger charge is -2.06. The third-order valence-corrected chi connectivity index (χ3v) is 3.48. The Morgan fingerprint density at radius 3 is 2.70 bits per heavy atom. The van der Waals surface area contributed by atoms with Gasteiger partial charge in [-0.25, -0.2) is 4.39 Å². The van der Waals surface area contributed by atoms with E-state index in [0.717, 1.165) is 12.1 Å². The van der Waals surface area contributed by atoms with E-state index < -0.39 is 15.8 Å². The van der Waals surface area contributed by atoms with Crippen molar-refractivity contribution in [3.8, 4) is 0 Å². The third kappa shape index (κ3) is 4.65. The lowest BCUT2D eigenvalue weighted by Crippen LogP contribution is -2.10. The van der Waals surface area contributed by atoms with E-state index in [1.54, 1.807) is 21.0 Å². The second kappa shape index (κ2) is 7.04. The number of nitrogens with zero attached hydrogens (tertiary/aromatic N) is 2. The van der Waals surface area contributed by atoms with Crippen LogP contribution in [-0.4, -0.2) is 40.4 Å². The highest BCUT2D eigenvalue weighted by Crippen LogP contribution is 2.20. The van der Waals surface area contributed by atoms with Gasteiger partial charge in [0.2, 0.25) is 0 Å². The number of benzene rings is 1. The average Bonchev–Trinajstić information content (AvgIpc) is 2.37. The maximum absolute atomic E-state index is 13.2. The molecule has 0 aliphatic rings. The van der Waals surface area contributed by atoms with Crippen LogP contribution in [0.25, 0.3) is 6.08 Å². The molecule has 0 aliphatic heterocycles. The zero-order chi connectivity index (χ0) is 15.2. The molecular weight excluding hydrogens is 283 g/mol. The average molecular weight is 300 g/mol. The van der Waals surface area contributed by atoms with E-state index in [-0.39, 0.29) is 10.5 Å². The minimum Gasteiger partial charge on any atom is -0.501 e. The summed E-state index contributed by atoms with van der Waals surface area (Å²) in [5, 5.41) is 0. The van der Waals surface area contributed by atoms with Crippen LogP contribution in [0, 0.1) is 5.82 Å². The van der Waals surface area contributed by atoms with E-state index in [9.17, 15) is 12.8 Å². The van der Waals surface area contributed by atoms with Gasteiger partial charge in [-0.3, -0.25) is 0 Å². The van der Waals surface area contributed by atoms with Crippen molar-refractivity contribution in [3.05, 3.63) is 35.8 Å². The summed E-state index contributed by atoms with van der Waals surface area (Å²) < 4.78 is 45.9. The topological polar surface area (TPSA) is 59.0 Å². The van der Waals surface area contributed by atoms with Gasteiger partial charge in [-0.05, 0) is 31.2 Å². The van der Waals surface area contributed by atoms with Crippen molar-refractivity contribution in [1.29, 1.82) is 0 Å². The highest BCUT2D eigenvalue weighted by Gasteiger charge is 2.16. The predicted molar refractivity (Wildman–Crippen MR) is 76.4 cm³/mol.